The summed E-state index contributed by atoms with van der Waals surface area (Å²) >= 11 is 0. The van der Waals surface area contributed by atoms with E-state index in [4.69, 9.17) is 0 Å². The highest BCUT2D eigenvalue weighted by Crippen LogP contribution is 2.14. The third kappa shape index (κ3) is 3.19. The molecule has 0 radical (unpaired) electrons. The normalized spacial score (nSPS) is 11.0. The molecule has 0 amide bonds. The van der Waals surface area contributed by atoms with Crippen molar-refractivity contribution < 1.29 is 0 Å². The number of aryl methyl sites for hydroxylation is 2. The summed E-state index contributed by atoms with van der Waals surface area (Å²) in [5.41, 5.74) is 2.85. The van der Waals surface area contributed by atoms with E-state index in [9.17, 15) is 4.79 Å². The molecule has 0 bridgehead atoms. The smallest absolute Gasteiger partial charge is 0.277 e. The molecule has 0 saturated heterocycles. The molecule has 0 aliphatic rings. The summed E-state index contributed by atoms with van der Waals surface area (Å²) in [4.78, 5) is 28.2. The van der Waals surface area contributed by atoms with Crippen LogP contribution in [0.3, 0.4) is 0 Å². The van der Waals surface area contributed by atoms with Crippen molar-refractivity contribution in [1.29, 1.82) is 0 Å². The van der Waals surface area contributed by atoms with Gasteiger partial charge in [0.15, 0.2) is 11.2 Å². The van der Waals surface area contributed by atoms with Crippen LogP contribution in [0.1, 0.15) is 12.0 Å². The van der Waals surface area contributed by atoms with Crippen LogP contribution in [-0.2, 0) is 13.0 Å². The summed E-state index contributed by atoms with van der Waals surface area (Å²) in [7, 11) is 0. The van der Waals surface area contributed by atoms with Gasteiger partial charge in [-0.3, -0.25) is 9.78 Å². The molecule has 0 aliphatic carbocycles. The Morgan fingerprint density at radius 2 is 1.96 bits per heavy atom. The van der Waals surface area contributed by atoms with Gasteiger partial charge in [-0.2, -0.15) is 0 Å². The standard InChI is InChI=1S/C19H17N5O/c25-19-16-18(22-17(23-19)15-9-4-10-20-12-15)21-13-24(16)11-5-8-14-6-2-1-3-7-14/h1-4,6-7,9-10,12-13H,5,8,11H2,(H,22,23,25). The van der Waals surface area contributed by atoms with E-state index < -0.39 is 0 Å². The third-order valence-corrected chi connectivity index (χ3v) is 4.13. The minimum atomic E-state index is -0.180. The summed E-state index contributed by atoms with van der Waals surface area (Å²) < 4.78 is 1.87. The molecule has 4 rings (SSSR count). The van der Waals surface area contributed by atoms with E-state index >= 15 is 0 Å². The van der Waals surface area contributed by atoms with Gasteiger partial charge in [0.05, 0.1) is 6.33 Å². The number of aromatic amines is 1. The molecule has 0 fully saturated rings. The maximum absolute atomic E-state index is 12.5. The molecule has 6 heteroatoms. The molecule has 0 spiro atoms. The first-order chi connectivity index (χ1) is 12.3. The van der Waals surface area contributed by atoms with Crippen molar-refractivity contribution in [3.8, 4) is 11.4 Å². The highest BCUT2D eigenvalue weighted by atomic mass is 16.1. The maximum Gasteiger partial charge on any atom is 0.277 e. The van der Waals surface area contributed by atoms with Crippen LogP contribution in [0.25, 0.3) is 22.6 Å². The summed E-state index contributed by atoms with van der Waals surface area (Å²) in [6.07, 6.45) is 6.92. The number of hydrogen-bond acceptors (Lipinski definition) is 4. The number of pyridine rings is 1. The second-order valence-electron chi connectivity index (χ2n) is 5.86. The van der Waals surface area contributed by atoms with Gasteiger partial charge in [0.1, 0.15) is 5.82 Å². The Bertz CT molecular complexity index is 1040. The van der Waals surface area contributed by atoms with E-state index in [0.717, 1.165) is 24.9 Å². The molecule has 25 heavy (non-hydrogen) atoms. The molecule has 6 nitrogen and oxygen atoms in total. The van der Waals surface area contributed by atoms with Crippen molar-refractivity contribution in [2.24, 2.45) is 0 Å². The molecular weight excluding hydrogens is 314 g/mol. The van der Waals surface area contributed by atoms with Crippen molar-refractivity contribution in [2.45, 2.75) is 19.4 Å². The Kier molecular flexibility index (Phi) is 4.08. The lowest BCUT2D eigenvalue weighted by molar-refractivity contribution is 0.655. The predicted octanol–water partition coefficient (Wildman–Crippen LogP) is 2.81. The van der Waals surface area contributed by atoms with Gasteiger partial charge in [0.2, 0.25) is 0 Å². The second-order valence-corrected chi connectivity index (χ2v) is 5.86. The first kappa shape index (κ1) is 15.3. The number of aromatic nitrogens is 5. The van der Waals surface area contributed by atoms with Gasteiger partial charge < -0.3 is 9.55 Å². The molecule has 3 heterocycles. The van der Waals surface area contributed by atoms with Gasteiger partial charge >= 0.3 is 0 Å². The van der Waals surface area contributed by atoms with Crippen molar-refractivity contribution in [3.05, 3.63) is 77.1 Å². The van der Waals surface area contributed by atoms with Crippen molar-refractivity contribution in [2.75, 3.05) is 0 Å². The molecule has 1 N–H and O–H groups in total. The zero-order valence-electron chi connectivity index (χ0n) is 13.6. The maximum atomic E-state index is 12.5. The molecule has 0 aliphatic heterocycles. The molecule has 0 atom stereocenters. The topological polar surface area (TPSA) is 76.5 Å². The Morgan fingerprint density at radius 1 is 1.08 bits per heavy atom. The van der Waals surface area contributed by atoms with E-state index in [-0.39, 0.29) is 5.56 Å². The lowest BCUT2D eigenvalue weighted by Crippen LogP contribution is -2.13. The monoisotopic (exact) mass is 331 g/mol. The van der Waals surface area contributed by atoms with Crippen LogP contribution in [0, 0.1) is 0 Å². The van der Waals surface area contributed by atoms with E-state index in [1.54, 1.807) is 18.7 Å². The number of nitrogens with zero attached hydrogens (tertiary/aromatic N) is 4. The van der Waals surface area contributed by atoms with Gasteiger partial charge in [0.25, 0.3) is 5.56 Å². The van der Waals surface area contributed by atoms with Gasteiger partial charge in [-0.25, -0.2) is 9.97 Å². The van der Waals surface area contributed by atoms with Gasteiger partial charge in [-0.15, -0.1) is 0 Å². The van der Waals surface area contributed by atoms with Crippen molar-refractivity contribution in [1.82, 2.24) is 24.5 Å². The fourth-order valence-electron chi connectivity index (χ4n) is 2.89. The molecular formula is C19H17N5O. The average molecular weight is 331 g/mol. The highest BCUT2D eigenvalue weighted by molar-refractivity contribution is 5.72. The number of fused-ring (bicyclic) bond motifs is 1. The van der Waals surface area contributed by atoms with E-state index in [1.165, 1.54) is 5.56 Å². The van der Waals surface area contributed by atoms with Crippen LogP contribution in [0.2, 0.25) is 0 Å². The van der Waals surface area contributed by atoms with E-state index in [2.05, 4.69) is 32.1 Å². The Balaban J connectivity index is 1.58. The molecule has 3 aromatic heterocycles. The molecule has 1 aromatic carbocycles. The van der Waals surface area contributed by atoms with Gasteiger partial charge in [0, 0.05) is 24.5 Å². The van der Waals surface area contributed by atoms with Crippen LogP contribution in [0.4, 0.5) is 0 Å². The minimum Gasteiger partial charge on any atom is -0.325 e. The second kappa shape index (κ2) is 6.68. The number of nitrogens with one attached hydrogen (secondary N) is 1. The third-order valence-electron chi connectivity index (χ3n) is 4.13. The molecule has 0 saturated carbocycles. The van der Waals surface area contributed by atoms with E-state index in [1.807, 2.05) is 34.9 Å². The lowest BCUT2D eigenvalue weighted by atomic mass is 10.1. The Morgan fingerprint density at radius 3 is 2.76 bits per heavy atom. The largest absolute Gasteiger partial charge is 0.325 e. The summed E-state index contributed by atoms with van der Waals surface area (Å²) in [6, 6.07) is 14.0. The van der Waals surface area contributed by atoms with Crippen LogP contribution in [-0.4, -0.2) is 24.5 Å². The summed E-state index contributed by atoms with van der Waals surface area (Å²) in [5, 5.41) is 0. The molecule has 124 valence electrons. The van der Waals surface area contributed by atoms with Crippen LogP contribution >= 0.6 is 0 Å². The Hall–Kier alpha value is -3.28. The first-order valence-corrected chi connectivity index (χ1v) is 8.21. The van der Waals surface area contributed by atoms with Crippen molar-refractivity contribution >= 4 is 11.2 Å². The van der Waals surface area contributed by atoms with Gasteiger partial charge in [-0.05, 0) is 30.5 Å². The fraction of sp³-hybridized carbons (Fsp3) is 0.158. The first-order valence-electron chi connectivity index (χ1n) is 8.21. The van der Waals surface area contributed by atoms with Crippen LogP contribution in [0.15, 0.2) is 66.0 Å². The number of benzene rings is 1. The zero-order chi connectivity index (χ0) is 17.1. The number of H-pyrrole nitrogens is 1. The highest BCUT2D eigenvalue weighted by Gasteiger charge is 2.11. The minimum absolute atomic E-state index is 0.180. The number of hydrogen-bond donors (Lipinski definition) is 1. The zero-order valence-corrected chi connectivity index (χ0v) is 13.6. The average Bonchev–Trinajstić information content (AvgIpc) is 3.07. The SMILES string of the molecule is O=c1[nH]c(-c2cccnc2)nc2ncn(CCCc3ccccc3)c12. The Labute approximate surface area is 144 Å². The predicted molar refractivity (Wildman–Crippen MR) is 96.1 cm³/mol. The quantitative estimate of drug-likeness (QED) is 0.610. The lowest BCUT2D eigenvalue weighted by Gasteiger charge is -2.05. The van der Waals surface area contributed by atoms with E-state index in [0.29, 0.717) is 17.0 Å². The van der Waals surface area contributed by atoms with Crippen molar-refractivity contribution in [3.63, 3.8) is 0 Å². The molecule has 4 aromatic rings. The van der Waals surface area contributed by atoms with Crippen LogP contribution < -0.4 is 5.56 Å². The number of rotatable bonds is 5. The summed E-state index contributed by atoms with van der Waals surface area (Å²) in [6.45, 7) is 0.725. The van der Waals surface area contributed by atoms with Crippen LogP contribution in [0.5, 0.6) is 0 Å². The molecule has 0 unspecified atom stereocenters. The van der Waals surface area contributed by atoms with Gasteiger partial charge in [-0.1, -0.05) is 30.3 Å². The summed E-state index contributed by atoms with van der Waals surface area (Å²) in [5.74, 6) is 0.486. The fourth-order valence-corrected chi connectivity index (χ4v) is 2.89. The number of imidazole rings is 1.